The smallest absolute Gasteiger partial charge is 0.253 e. The Balaban J connectivity index is 1.71. The first-order valence-corrected chi connectivity index (χ1v) is 11.6. The van der Waals surface area contributed by atoms with Crippen molar-refractivity contribution in [1.29, 1.82) is 0 Å². The highest BCUT2D eigenvalue weighted by molar-refractivity contribution is 6.30. The lowest BCUT2D eigenvalue weighted by Crippen LogP contribution is -2.65. The van der Waals surface area contributed by atoms with Crippen LogP contribution in [-0.4, -0.2) is 52.0 Å². The Labute approximate surface area is 208 Å². The van der Waals surface area contributed by atoms with Crippen molar-refractivity contribution in [2.45, 2.75) is 31.8 Å². The Morgan fingerprint density at radius 1 is 1.14 bits per heavy atom. The number of hydrogen-bond acceptors (Lipinski definition) is 7. The topological polar surface area (TPSA) is 120 Å². The standard InChI is InChI=1S/C25H27ClN6O3/c1-15(2)17-6-4-5-7-19(17)25(13-32(14-25)16-9-29-22(12-33)30-10-16)24(35)31-20-11-28-21(26)8-18(20)23(34)27-3/h4-11,15,33H,12-14H2,1-3H3,(H,27,34)(H,31,35). The van der Waals surface area contributed by atoms with Crippen molar-refractivity contribution < 1.29 is 14.7 Å². The molecule has 1 saturated heterocycles. The van der Waals surface area contributed by atoms with Gasteiger partial charge in [-0.2, -0.15) is 0 Å². The second-order valence-electron chi connectivity index (χ2n) is 8.78. The third kappa shape index (κ3) is 4.69. The van der Waals surface area contributed by atoms with Crippen molar-refractivity contribution in [2.24, 2.45) is 0 Å². The van der Waals surface area contributed by atoms with Gasteiger partial charge in [0.25, 0.3) is 5.91 Å². The van der Waals surface area contributed by atoms with E-state index in [0.29, 0.717) is 18.9 Å². The maximum Gasteiger partial charge on any atom is 0.253 e. The van der Waals surface area contributed by atoms with Crippen LogP contribution < -0.4 is 15.5 Å². The summed E-state index contributed by atoms with van der Waals surface area (Å²) in [7, 11) is 1.51. The van der Waals surface area contributed by atoms with Crippen LogP contribution in [-0.2, 0) is 16.8 Å². The number of nitrogens with one attached hydrogen (secondary N) is 2. The van der Waals surface area contributed by atoms with Gasteiger partial charge in [-0.3, -0.25) is 9.59 Å². The number of pyridine rings is 1. The maximum absolute atomic E-state index is 13.9. The Morgan fingerprint density at radius 2 is 1.83 bits per heavy atom. The predicted octanol–water partition coefficient (Wildman–Crippen LogP) is 2.90. The molecule has 2 aromatic heterocycles. The van der Waals surface area contributed by atoms with Crippen LogP contribution in [0.5, 0.6) is 0 Å². The number of aromatic nitrogens is 3. The average molecular weight is 495 g/mol. The Morgan fingerprint density at radius 3 is 2.46 bits per heavy atom. The van der Waals surface area contributed by atoms with Crippen molar-refractivity contribution in [3.8, 4) is 0 Å². The van der Waals surface area contributed by atoms with Crippen LogP contribution in [0.4, 0.5) is 11.4 Å². The van der Waals surface area contributed by atoms with Gasteiger partial charge in [0.1, 0.15) is 17.2 Å². The van der Waals surface area contributed by atoms with E-state index in [2.05, 4.69) is 39.4 Å². The summed E-state index contributed by atoms with van der Waals surface area (Å²) in [4.78, 5) is 40.7. The second kappa shape index (κ2) is 9.97. The van der Waals surface area contributed by atoms with Crippen LogP contribution in [0.15, 0.2) is 48.9 Å². The molecule has 1 aliphatic rings. The van der Waals surface area contributed by atoms with Crippen molar-refractivity contribution in [3.05, 3.63) is 76.6 Å². The van der Waals surface area contributed by atoms with E-state index in [4.69, 9.17) is 11.6 Å². The lowest BCUT2D eigenvalue weighted by atomic mass is 9.69. The van der Waals surface area contributed by atoms with Crippen molar-refractivity contribution in [3.63, 3.8) is 0 Å². The molecule has 1 fully saturated rings. The fourth-order valence-electron chi connectivity index (χ4n) is 4.35. The molecule has 35 heavy (non-hydrogen) atoms. The van der Waals surface area contributed by atoms with Gasteiger partial charge in [0.15, 0.2) is 5.82 Å². The first-order chi connectivity index (χ1) is 16.8. The monoisotopic (exact) mass is 494 g/mol. The van der Waals surface area contributed by atoms with Crippen molar-refractivity contribution in [2.75, 3.05) is 30.4 Å². The minimum absolute atomic E-state index is 0.155. The molecule has 1 aliphatic heterocycles. The van der Waals surface area contributed by atoms with E-state index >= 15 is 0 Å². The molecule has 0 atom stereocenters. The van der Waals surface area contributed by atoms with E-state index in [1.54, 1.807) is 12.4 Å². The fourth-order valence-corrected chi connectivity index (χ4v) is 4.51. The molecular formula is C25H27ClN6O3. The summed E-state index contributed by atoms with van der Waals surface area (Å²) in [5.41, 5.74) is 2.41. The van der Waals surface area contributed by atoms with Crippen molar-refractivity contribution >= 4 is 34.8 Å². The van der Waals surface area contributed by atoms with Gasteiger partial charge < -0.3 is 20.6 Å². The summed E-state index contributed by atoms with van der Waals surface area (Å²) in [6, 6.07) is 9.35. The molecule has 0 radical (unpaired) electrons. The number of halogens is 1. The highest BCUT2D eigenvalue weighted by Crippen LogP contribution is 2.41. The molecule has 2 amide bonds. The second-order valence-corrected chi connectivity index (χ2v) is 9.17. The summed E-state index contributed by atoms with van der Waals surface area (Å²) in [6.45, 7) is 4.73. The van der Waals surface area contributed by atoms with Gasteiger partial charge in [0.2, 0.25) is 5.91 Å². The number of benzene rings is 1. The van der Waals surface area contributed by atoms with Gasteiger partial charge in [-0.25, -0.2) is 15.0 Å². The third-order valence-corrected chi connectivity index (χ3v) is 6.45. The highest BCUT2D eigenvalue weighted by Gasteiger charge is 2.52. The normalized spacial score (nSPS) is 14.4. The molecule has 9 nitrogen and oxygen atoms in total. The van der Waals surface area contributed by atoms with Crippen molar-refractivity contribution in [1.82, 2.24) is 20.3 Å². The van der Waals surface area contributed by atoms with Crippen LogP contribution >= 0.6 is 11.6 Å². The molecule has 0 spiro atoms. The highest BCUT2D eigenvalue weighted by atomic mass is 35.5. The quantitative estimate of drug-likeness (QED) is 0.432. The van der Waals surface area contributed by atoms with Crippen LogP contribution in [0.2, 0.25) is 5.15 Å². The van der Waals surface area contributed by atoms with E-state index in [0.717, 1.165) is 16.8 Å². The van der Waals surface area contributed by atoms with Crippen LogP contribution in [0.25, 0.3) is 0 Å². The zero-order valence-corrected chi connectivity index (χ0v) is 20.5. The number of amides is 2. The zero-order valence-electron chi connectivity index (χ0n) is 19.7. The first-order valence-electron chi connectivity index (χ1n) is 11.2. The van der Waals surface area contributed by atoms with Gasteiger partial charge >= 0.3 is 0 Å². The SMILES string of the molecule is CNC(=O)c1cc(Cl)ncc1NC(=O)C1(c2ccccc2C(C)C)CN(c2cnc(CO)nc2)C1. The van der Waals surface area contributed by atoms with Gasteiger partial charge in [-0.15, -0.1) is 0 Å². The third-order valence-electron chi connectivity index (χ3n) is 6.24. The molecule has 4 rings (SSSR count). The van der Waals surface area contributed by atoms with E-state index < -0.39 is 5.41 Å². The molecule has 182 valence electrons. The largest absolute Gasteiger partial charge is 0.388 e. The summed E-state index contributed by atoms with van der Waals surface area (Å²) < 4.78 is 0. The van der Waals surface area contributed by atoms with E-state index in [1.807, 2.05) is 29.2 Å². The molecule has 0 unspecified atom stereocenters. The number of rotatable bonds is 7. The van der Waals surface area contributed by atoms with E-state index in [1.165, 1.54) is 19.3 Å². The maximum atomic E-state index is 13.9. The van der Waals surface area contributed by atoms with Gasteiger partial charge in [-0.05, 0) is 23.1 Å². The van der Waals surface area contributed by atoms with Gasteiger partial charge in [0.05, 0.1) is 35.5 Å². The summed E-state index contributed by atoms with van der Waals surface area (Å²) >= 11 is 6.00. The molecule has 0 saturated carbocycles. The predicted molar refractivity (Wildman–Crippen MR) is 134 cm³/mol. The Hall–Kier alpha value is -3.56. The lowest BCUT2D eigenvalue weighted by molar-refractivity contribution is -0.122. The summed E-state index contributed by atoms with van der Waals surface area (Å²) in [6.07, 6.45) is 4.67. The molecule has 0 bridgehead atoms. The minimum atomic E-state index is -0.879. The molecule has 3 N–H and O–H groups in total. The number of aliphatic hydroxyl groups excluding tert-OH is 1. The number of nitrogens with zero attached hydrogens (tertiary/aromatic N) is 4. The number of aliphatic hydroxyl groups is 1. The molecule has 3 aromatic rings. The minimum Gasteiger partial charge on any atom is -0.388 e. The average Bonchev–Trinajstić information content (AvgIpc) is 2.84. The van der Waals surface area contributed by atoms with E-state index in [9.17, 15) is 14.7 Å². The number of carbonyl (C=O) groups excluding carboxylic acids is 2. The molecule has 0 aliphatic carbocycles. The summed E-state index contributed by atoms with van der Waals surface area (Å²) in [5.74, 6) is -0.0854. The molecule has 10 heteroatoms. The first kappa shape index (κ1) is 24.6. The van der Waals surface area contributed by atoms with Crippen LogP contribution in [0, 0.1) is 0 Å². The lowest BCUT2D eigenvalue weighted by Gasteiger charge is -2.51. The molecule has 1 aromatic carbocycles. The van der Waals surface area contributed by atoms with E-state index in [-0.39, 0.29) is 40.7 Å². The van der Waals surface area contributed by atoms with Gasteiger partial charge in [-0.1, -0.05) is 49.7 Å². The molecule has 3 heterocycles. The Bertz CT molecular complexity index is 1240. The number of carbonyl (C=O) groups is 2. The molecular weight excluding hydrogens is 468 g/mol. The van der Waals surface area contributed by atoms with Crippen LogP contribution in [0.3, 0.4) is 0 Å². The fraction of sp³-hybridized carbons (Fsp3) is 0.320. The van der Waals surface area contributed by atoms with Gasteiger partial charge in [0, 0.05) is 20.1 Å². The number of anilines is 2. The summed E-state index contributed by atoms with van der Waals surface area (Å²) in [5, 5.41) is 14.9. The Kier molecular flexibility index (Phi) is 7.00. The van der Waals surface area contributed by atoms with Crippen LogP contribution in [0.1, 0.15) is 47.1 Å². The zero-order chi connectivity index (χ0) is 25.2. The number of hydrogen-bond donors (Lipinski definition) is 3.